The first-order valence-electron chi connectivity index (χ1n) is 3.64. The predicted octanol–water partition coefficient (Wildman–Crippen LogP) is 3.21. The van der Waals surface area contributed by atoms with E-state index in [-0.39, 0.29) is 7.43 Å². The number of nitrogens with zero attached hydrogens (tertiary/aromatic N) is 2. The second-order valence-electron chi connectivity index (χ2n) is 2.35. The average Bonchev–Trinajstić information content (AvgIpc) is 2.67. The maximum atomic E-state index is 4.71. The van der Waals surface area contributed by atoms with Crippen molar-refractivity contribution < 1.29 is 9.05 Å². The van der Waals surface area contributed by atoms with E-state index in [9.17, 15) is 0 Å². The van der Waals surface area contributed by atoms with Gasteiger partial charge in [-0.3, -0.25) is 0 Å². The molecule has 0 saturated carbocycles. The molecule has 0 N–H and O–H groups in total. The lowest BCUT2D eigenvalue weighted by Gasteiger charge is -1.73. The van der Waals surface area contributed by atoms with Crippen LogP contribution in [0.3, 0.4) is 0 Å². The standard InChI is InChI=1S/C4H4INO.C4H5NO.CH4/c1-3-4(5)2-6-7-3;1-4-2-3-5-6-4;/h2H,1H3;2-3H,1H3;1H4. The Morgan fingerprint density at radius 3 is 2.07 bits per heavy atom. The van der Waals surface area contributed by atoms with Crippen LogP contribution in [0.25, 0.3) is 0 Å². The molecule has 0 saturated heterocycles. The van der Waals surface area contributed by atoms with E-state index in [2.05, 4.69) is 37.4 Å². The van der Waals surface area contributed by atoms with Crippen LogP contribution in [0, 0.1) is 17.4 Å². The van der Waals surface area contributed by atoms with Gasteiger partial charge in [0.15, 0.2) is 0 Å². The molecule has 2 aromatic rings. The van der Waals surface area contributed by atoms with Crippen molar-refractivity contribution >= 4 is 22.6 Å². The second kappa shape index (κ2) is 6.58. The number of aromatic nitrogens is 2. The summed E-state index contributed by atoms with van der Waals surface area (Å²) in [6.45, 7) is 3.74. The summed E-state index contributed by atoms with van der Waals surface area (Å²) in [7, 11) is 0. The molecule has 2 rings (SSSR count). The van der Waals surface area contributed by atoms with Crippen molar-refractivity contribution in [2.75, 3.05) is 0 Å². The summed E-state index contributed by atoms with van der Waals surface area (Å²) < 4.78 is 10.4. The zero-order valence-corrected chi connectivity index (χ0v) is 9.48. The molecule has 0 bridgehead atoms. The lowest BCUT2D eigenvalue weighted by molar-refractivity contribution is 0.396. The zero-order chi connectivity index (χ0) is 9.68. The second-order valence-corrected chi connectivity index (χ2v) is 3.52. The minimum absolute atomic E-state index is 0. The van der Waals surface area contributed by atoms with Crippen molar-refractivity contribution in [1.29, 1.82) is 0 Å². The van der Waals surface area contributed by atoms with Crippen LogP contribution in [-0.2, 0) is 0 Å². The Hall–Kier alpha value is -0.850. The van der Waals surface area contributed by atoms with Crippen molar-refractivity contribution in [2.24, 2.45) is 0 Å². The Balaban J connectivity index is 0.000000227. The third-order valence-corrected chi connectivity index (χ3v) is 2.30. The van der Waals surface area contributed by atoms with E-state index in [1.807, 2.05) is 13.8 Å². The molecule has 0 atom stereocenters. The summed E-state index contributed by atoms with van der Waals surface area (Å²) >= 11 is 2.16. The summed E-state index contributed by atoms with van der Waals surface area (Å²) in [6.07, 6.45) is 3.31. The van der Waals surface area contributed by atoms with Gasteiger partial charge in [0.25, 0.3) is 0 Å². The van der Waals surface area contributed by atoms with Crippen LogP contribution < -0.4 is 0 Å². The molecule has 0 fully saturated rings. The molecule has 78 valence electrons. The van der Waals surface area contributed by atoms with Crippen LogP contribution in [-0.4, -0.2) is 10.3 Å². The molecule has 5 heteroatoms. The molecule has 0 amide bonds. The quantitative estimate of drug-likeness (QED) is 0.701. The fourth-order valence-corrected chi connectivity index (χ4v) is 0.778. The molecule has 0 aromatic carbocycles. The summed E-state index contributed by atoms with van der Waals surface area (Å²) in [4.78, 5) is 0. The van der Waals surface area contributed by atoms with E-state index in [1.165, 1.54) is 0 Å². The molecule has 4 nitrogen and oxygen atoms in total. The largest absolute Gasteiger partial charge is 0.362 e. The number of hydrogen-bond donors (Lipinski definition) is 0. The van der Waals surface area contributed by atoms with Gasteiger partial charge < -0.3 is 9.05 Å². The highest BCUT2D eigenvalue weighted by atomic mass is 127. The van der Waals surface area contributed by atoms with Gasteiger partial charge in [0, 0.05) is 6.07 Å². The van der Waals surface area contributed by atoms with Gasteiger partial charge in [0.1, 0.15) is 11.5 Å². The molecule has 0 aliphatic rings. The molecule has 0 aliphatic heterocycles. The molecule has 2 heterocycles. The Morgan fingerprint density at radius 2 is 1.93 bits per heavy atom. The molecular formula is C9H13IN2O2. The van der Waals surface area contributed by atoms with Gasteiger partial charge in [-0.2, -0.15) is 0 Å². The van der Waals surface area contributed by atoms with Crippen LogP contribution in [0.5, 0.6) is 0 Å². The Kier molecular flexibility index (Phi) is 6.18. The Bertz CT molecular complexity index is 327. The summed E-state index contributed by atoms with van der Waals surface area (Å²) in [5, 5.41) is 6.99. The van der Waals surface area contributed by atoms with Crippen LogP contribution in [0.4, 0.5) is 0 Å². The van der Waals surface area contributed by atoms with Crippen molar-refractivity contribution in [1.82, 2.24) is 10.3 Å². The highest BCUT2D eigenvalue weighted by Gasteiger charge is 1.93. The maximum Gasteiger partial charge on any atom is 0.146 e. The number of aryl methyl sites for hydroxylation is 2. The number of halogens is 1. The highest BCUT2D eigenvalue weighted by Crippen LogP contribution is 2.07. The minimum Gasteiger partial charge on any atom is -0.362 e. The van der Waals surface area contributed by atoms with Gasteiger partial charge in [-0.15, -0.1) is 0 Å². The molecular weight excluding hydrogens is 295 g/mol. The van der Waals surface area contributed by atoms with Gasteiger partial charge in [0.2, 0.25) is 0 Å². The third kappa shape index (κ3) is 4.40. The fourth-order valence-electron chi connectivity index (χ4n) is 0.566. The van der Waals surface area contributed by atoms with Crippen LogP contribution in [0.2, 0.25) is 0 Å². The minimum atomic E-state index is 0. The van der Waals surface area contributed by atoms with Crippen LogP contribution >= 0.6 is 22.6 Å². The first-order chi connectivity index (χ1) is 6.20. The molecule has 14 heavy (non-hydrogen) atoms. The van der Waals surface area contributed by atoms with Gasteiger partial charge in [-0.25, -0.2) is 0 Å². The normalized spacial score (nSPS) is 8.50. The third-order valence-electron chi connectivity index (χ3n) is 1.26. The summed E-state index contributed by atoms with van der Waals surface area (Å²) in [6, 6.07) is 1.81. The first kappa shape index (κ1) is 13.2. The van der Waals surface area contributed by atoms with Crippen LogP contribution in [0.15, 0.2) is 27.5 Å². The SMILES string of the molecule is C.Cc1ccno1.Cc1oncc1I. The van der Waals surface area contributed by atoms with Crippen molar-refractivity contribution in [3.05, 3.63) is 33.6 Å². The van der Waals surface area contributed by atoms with E-state index < -0.39 is 0 Å². The molecule has 0 aliphatic carbocycles. The van der Waals surface area contributed by atoms with E-state index in [4.69, 9.17) is 4.52 Å². The molecule has 0 spiro atoms. The van der Waals surface area contributed by atoms with E-state index in [0.29, 0.717) is 0 Å². The topological polar surface area (TPSA) is 52.1 Å². The molecule has 2 aromatic heterocycles. The lowest BCUT2D eigenvalue weighted by atomic mass is 10.5. The van der Waals surface area contributed by atoms with Gasteiger partial charge in [-0.1, -0.05) is 17.7 Å². The molecule has 0 unspecified atom stereocenters. The number of hydrogen-bond acceptors (Lipinski definition) is 4. The van der Waals surface area contributed by atoms with Crippen molar-refractivity contribution in [2.45, 2.75) is 21.3 Å². The maximum absolute atomic E-state index is 4.71. The van der Waals surface area contributed by atoms with Crippen molar-refractivity contribution in [3.8, 4) is 0 Å². The average molecular weight is 308 g/mol. The Labute approximate surface area is 96.8 Å². The fraction of sp³-hybridized carbons (Fsp3) is 0.333. The smallest absolute Gasteiger partial charge is 0.146 e. The summed E-state index contributed by atoms with van der Waals surface area (Å²) in [5.74, 6) is 1.75. The Morgan fingerprint density at radius 1 is 1.21 bits per heavy atom. The van der Waals surface area contributed by atoms with Gasteiger partial charge >= 0.3 is 0 Å². The van der Waals surface area contributed by atoms with Gasteiger partial charge in [-0.05, 0) is 36.4 Å². The predicted molar refractivity (Wildman–Crippen MR) is 61.9 cm³/mol. The number of rotatable bonds is 0. The van der Waals surface area contributed by atoms with Crippen molar-refractivity contribution in [3.63, 3.8) is 0 Å². The zero-order valence-electron chi connectivity index (χ0n) is 7.32. The summed E-state index contributed by atoms with van der Waals surface area (Å²) in [5.41, 5.74) is 0. The van der Waals surface area contributed by atoms with E-state index >= 15 is 0 Å². The van der Waals surface area contributed by atoms with Gasteiger partial charge in [0.05, 0.1) is 16.0 Å². The van der Waals surface area contributed by atoms with E-state index in [0.717, 1.165) is 15.1 Å². The lowest BCUT2D eigenvalue weighted by Crippen LogP contribution is -1.62. The highest BCUT2D eigenvalue weighted by molar-refractivity contribution is 14.1. The molecule has 0 radical (unpaired) electrons. The van der Waals surface area contributed by atoms with E-state index in [1.54, 1.807) is 18.5 Å². The first-order valence-corrected chi connectivity index (χ1v) is 4.72. The monoisotopic (exact) mass is 308 g/mol. The van der Waals surface area contributed by atoms with Crippen LogP contribution in [0.1, 0.15) is 18.9 Å².